The molecular formula is C14H20N2O2. The smallest absolute Gasteiger partial charge is 0.143 e. The highest BCUT2D eigenvalue weighted by Crippen LogP contribution is 2.40. The maximum Gasteiger partial charge on any atom is 0.143 e. The topological polar surface area (TPSA) is 58.7 Å². The summed E-state index contributed by atoms with van der Waals surface area (Å²) in [7, 11) is 1.64. The number of anilines is 2. The first-order chi connectivity index (χ1) is 8.69. The Morgan fingerprint density at radius 3 is 2.89 bits per heavy atom. The van der Waals surface area contributed by atoms with Crippen molar-refractivity contribution in [2.24, 2.45) is 11.8 Å². The van der Waals surface area contributed by atoms with Crippen LogP contribution in [0.3, 0.4) is 0 Å². The molecule has 98 valence electrons. The number of aliphatic hydroxyl groups excluding tert-OH is 1. The van der Waals surface area contributed by atoms with Gasteiger partial charge in [-0.05, 0) is 30.9 Å². The largest absolute Gasteiger partial charge is 0.495 e. The molecular weight excluding hydrogens is 228 g/mol. The molecule has 0 amide bonds. The van der Waals surface area contributed by atoms with Gasteiger partial charge in [-0.3, -0.25) is 0 Å². The zero-order valence-corrected chi connectivity index (χ0v) is 10.7. The fourth-order valence-corrected chi connectivity index (χ4v) is 3.34. The molecule has 2 fully saturated rings. The number of nitrogen functional groups attached to an aromatic ring is 1. The summed E-state index contributed by atoms with van der Waals surface area (Å²) < 4.78 is 5.26. The maximum absolute atomic E-state index is 9.94. The zero-order valence-electron chi connectivity index (χ0n) is 10.7. The van der Waals surface area contributed by atoms with E-state index in [0.717, 1.165) is 37.4 Å². The third kappa shape index (κ3) is 1.81. The van der Waals surface area contributed by atoms with Gasteiger partial charge in [0.05, 0.1) is 18.9 Å². The second-order valence-corrected chi connectivity index (χ2v) is 5.40. The summed E-state index contributed by atoms with van der Waals surface area (Å²) in [6.07, 6.45) is 2.00. The SMILES string of the molecule is COc1cc(N2CC3CCC(O)C3C2)ccc1N. The third-order valence-corrected chi connectivity index (χ3v) is 4.40. The van der Waals surface area contributed by atoms with Crippen LogP contribution in [0.1, 0.15) is 12.8 Å². The molecule has 0 spiro atoms. The van der Waals surface area contributed by atoms with Gasteiger partial charge in [-0.15, -0.1) is 0 Å². The number of hydrogen-bond acceptors (Lipinski definition) is 4. The van der Waals surface area contributed by atoms with E-state index in [1.807, 2.05) is 18.2 Å². The Bertz CT molecular complexity index is 449. The molecule has 1 aliphatic heterocycles. The van der Waals surface area contributed by atoms with Crippen molar-refractivity contribution >= 4 is 11.4 Å². The number of benzene rings is 1. The van der Waals surface area contributed by atoms with E-state index in [-0.39, 0.29) is 6.10 Å². The Kier molecular flexibility index (Phi) is 2.82. The Labute approximate surface area is 107 Å². The van der Waals surface area contributed by atoms with Gasteiger partial charge in [0.1, 0.15) is 5.75 Å². The van der Waals surface area contributed by atoms with Crippen LogP contribution >= 0.6 is 0 Å². The fraction of sp³-hybridized carbons (Fsp3) is 0.571. The molecule has 1 saturated carbocycles. The number of ether oxygens (including phenoxy) is 1. The van der Waals surface area contributed by atoms with Crippen molar-refractivity contribution in [3.8, 4) is 5.75 Å². The van der Waals surface area contributed by atoms with E-state index < -0.39 is 0 Å². The molecule has 3 atom stereocenters. The molecule has 4 nitrogen and oxygen atoms in total. The molecule has 1 saturated heterocycles. The van der Waals surface area contributed by atoms with Gasteiger partial charge < -0.3 is 20.5 Å². The van der Waals surface area contributed by atoms with Crippen LogP contribution in [0, 0.1) is 11.8 Å². The summed E-state index contributed by atoms with van der Waals surface area (Å²) in [5, 5.41) is 9.94. The van der Waals surface area contributed by atoms with Gasteiger partial charge in [0, 0.05) is 30.8 Å². The minimum absolute atomic E-state index is 0.115. The lowest BCUT2D eigenvalue weighted by molar-refractivity contribution is 0.133. The van der Waals surface area contributed by atoms with E-state index in [2.05, 4.69) is 4.90 Å². The standard InChI is InChI=1S/C14H20N2O2/c1-18-14-6-10(3-4-12(14)15)16-7-9-2-5-13(17)11(9)8-16/h3-4,6,9,11,13,17H,2,5,7-8,15H2,1H3. The molecule has 1 aliphatic carbocycles. The zero-order chi connectivity index (χ0) is 12.7. The van der Waals surface area contributed by atoms with Crippen LogP contribution in [0.15, 0.2) is 18.2 Å². The van der Waals surface area contributed by atoms with Crippen LogP contribution < -0.4 is 15.4 Å². The highest BCUT2D eigenvalue weighted by atomic mass is 16.5. The maximum atomic E-state index is 9.94. The lowest BCUT2D eigenvalue weighted by Crippen LogP contribution is -2.24. The summed E-state index contributed by atoms with van der Waals surface area (Å²) in [6, 6.07) is 5.91. The van der Waals surface area contributed by atoms with Gasteiger partial charge in [-0.25, -0.2) is 0 Å². The van der Waals surface area contributed by atoms with Gasteiger partial charge in [-0.2, -0.15) is 0 Å². The fourth-order valence-electron chi connectivity index (χ4n) is 3.34. The van der Waals surface area contributed by atoms with Crippen molar-refractivity contribution in [3.05, 3.63) is 18.2 Å². The van der Waals surface area contributed by atoms with Crippen LogP contribution in [0.4, 0.5) is 11.4 Å². The molecule has 0 radical (unpaired) electrons. The van der Waals surface area contributed by atoms with Crippen molar-refractivity contribution < 1.29 is 9.84 Å². The van der Waals surface area contributed by atoms with E-state index in [9.17, 15) is 5.11 Å². The molecule has 3 unspecified atom stereocenters. The molecule has 0 bridgehead atoms. The molecule has 1 heterocycles. The molecule has 18 heavy (non-hydrogen) atoms. The minimum Gasteiger partial charge on any atom is -0.495 e. The second-order valence-electron chi connectivity index (χ2n) is 5.40. The lowest BCUT2D eigenvalue weighted by Gasteiger charge is -2.21. The van der Waals surface area contributed by atoms with Crippen molar-refractivity contribution in [1.29, 1.82) is 0 Å². The van der Waals surface area contributed by atoms with E-state index in [1.165, 1.54) is 0 Å². The number of nitrogens with zero attached hydrogens (tertiary/aromatic N) is 1. The number of rotatable bonds is 2. The number of aliphatic hydroxyl groups is 1. The molecule has 0 aromatic heterocycles. The summed E-state index contributed by atoms with van der Waals surface area (Å²) in [5.41, 5.74) is 7.64. The Balaban J connectivity index is 1.80. The number of hydrogen-bond donors (Lipinski definition) is 2. The first-order valence-electron chi connectivity index (χ1n) is 6.55. The van der Waals surface area contributed by atoms with Gasteiger partial charge >= 0.3 is 0 Å². The highest BCUT2D eigenvalue weighted by molar-refractivity contribution is 5.62. The average Bonchev–Trinajstić information content (AvgIpc) is 2.93. The van der Waals surface area contributed by atoms with E-state index in [4.69, 9.17) is 10.5 Å². The number of methoxy groups -OCH3 is 1. The normalized spacial score (nSPS) is 30.6. The predicted molar refractivity (Wildman–Crippen MR) is 71.8 cm³/mol. The van der Waals surface area contributed by atoms with E-state index >= 15 is 0 Å². The van der Waals surface area contributed by atoms with Crippen molar-refractivity contribution in [1.82, 2.24) is 0 Å². The van der Waals surface area contributed by atoms with Crippen LogP contribution in [-0.2, 0) is 0 Å². The molecule has 1 aromatic rings. The van der Waals surface area contributed by atoms with Crippen LogP contribution in [0.2, 0.25) is 0 Å². The molecule has 4 heteroatoms. The molecule has 3 rings (SSSR count). The number of fused-ring (bicyclic) bond motifs is 1. The quantitative estimate of drug-likeness (QED) is 0.778. The van der Waals surface area contributed by atoms with Gasteiger partial charge in [0.15, 0.2) is 0 Å². The summed E-state index contributed by atoms with van der Waals surface area (Å²) >= 11 is 0. The molecule has 3 N–H and O–H groups in total. The van der Waals surface area contributed by atoms with E-state index in [0.29, 0.717) is 17.5 Å². The summed E-state index contributed by atoms with van der Waals surface area (Å²) in [5.74, 6) is 1.81. The monoisotopic (exact) mass is 248 g/mol. The molecule has 1 aromatic carbocycles. The first-order valence-corrected chi connectivity index (χ1v) is 6.55. The predicted octanol–water partition coefficient (Wildman–Crippen LogP) is 1.48. The Hall–Kier alpha value is -1.42. The van der Waals surface area contributed by atoms with E-state index in [1.54, 1.807) is 7.11 Å². The van der Waals surface area contributed by atoms with Crippen LogP contribution in [0.5, 0.6) is 5.75 Å². The third-order valence-electron chi connectivity index (χ3n) is 4.40. The van der Waals surface area contributed by atoms with Gasteiger partial charge in [0.2, 0.25) is 0 Å². The molecule has 2 aliphatic rings. The minimum atomic E-state index is -0.115. The van der Waals surface area contributed by atoms with Gasteiger partial charge in [0.25, 0.3) is 0 Å². The first kappa shape index (κ1) is 11.7. The second kappa shape index (κ2) is 4.35. The summed E-state index contributed by atoms with van der Waals surface area (Å²) in [6.45, 7) is 1.98. The van der Waals surface area contributed by atoms with Crippen molar-refractivity contribution in [2.45, 2.75) is 18.9 Å². The lowest BCUT2D eigenvalue weighted by atomic mass is 10.00. The van der Waals surface area contributed by atoms with Gasteiger partial charge in [-0.1, -0.05) is 0 Å². The summed E-state index contributed by atoms with van der Waals surface area (Å²) in [4.78, 5) is 2.33. The van der Waals surface area contributed by atoms with Crippen LogP contribution in [0.25, 0.3) is 0 Å². The average molecular weight is 248 g/mol. The van der Waals surface area contributed by atoms with Crippen molar-refractivity contribution in [3.63, 3.8) is 0 Å². The highest BCUT2D eigenvalue weighted by Gasteiger charge is 2.41. The van der Waals surface area contributed by atoms with Crippen molar-refractivity contribution in [2.75, 3.05) is 30.8 Å². The Morgan fingerprint density at radius 2 is 2.17 bits per heavy atom. The van der Waals surface area contributed by atoms with Crippen LogP contribution in [-0.4, -0.2) is 31.4 Å². The number of nitrogens with two attached hydrogens (primary N) is 1. The Morgan fingerprint density at radius 1 is 1.33 bits per heavy atom.